The average molecular weight is 341 g/mol. The fourth-order valence-corrected chi connectivity index (χ4v) is 3.21. The predicted molar refractivity (Wildman–Crippen MR) is 86.0 cm³/mol. The lowest BCUT2D eigenvalue weighted by Crippen LogP contribution is -2.24. The minimum atomic E-state index is 0.103. The van der Waals surface area contributed by atoms with Crippen LogP contribution in [0.3, 0.4) is 0 Å². The Bertz CT molecular complexity index is 624. The molecule has 3 rings (SSSR count). The fourth-order valence-electron chi connectivity index (χ4n) is 2.30. The first-order chi connectivity index (χ1) is 10.8. The quantitative estimate of drug-likeness (QED) is 0.805. The third-order valence-electron chi connectivity index (χ3n) is 3.43. The molecule has 1 fully saturated rings. The number of rotatable bonds is 6. The van der Waals surface area contributed by atoms with Gasteiger partial charge in [0.05, 0.1) is 13.2 Å². The van der Waals surface area contributed by atoms with Gasteiger partial charge in [0, 0.05) is 56.5 Å². The summed E-state index contributed by atoms with van der Waals surface area (Å²) in [5, 5.41) is 1.48. The summed E-state index contributed by atoms with van der Waals surface area (Å²) in [6.45, 7) is 2.34. The average Bonchev–Trinajstić information content (AvgIpc) is 3.16. The summed E-state index contributed by atoms with van der Waals surface area (Å²) in [6.07, 6.45) is 5.06. The summed E-state index contributed by atoms with van der Waals surface area (Å²) in [7, 11) is 1.68. The summed E-state index contributed by atoms with van der Waals surface area (Å²) in [5.74, 6) is 1.52. The van der Waals surface area contributed by atoms with Gasteiger partial charge >= 0.3 is 0 Å². The first-order valence-electron chi connectivity index (χ1n) is 7.09. The van der Waals surface area contributed by atoms with Crippen LogP contribution in [-0.4, -0.2) is 47.3 Å². The molecule has 1 saturated heterocycles. The number of anilines is 1. The molecule has 3 heterocycles. The van der Waals surface area contributed by atoms with Gasteiger partial charge in [0.15, 0.2) is 0 Å². The third kappa shape index (κ3) is 3.66. The Morgan fingerprint density at radius 3 is 3.23 bits per heavy atom. The van der Waals surface area contributed by atoms with Crippen LogP contribution in [0.2, 0.25) is 5.02 Å². The van der Waals surface area contributed by atoms with Gasteiger partial charge in [-0.3, -0.25) is 4.98 Å². The van der Waals surface area contributed by atoms with Crippen molar-refractivity contribution in [2.45, 2.75) is 18.9 Å². The molecule has 22 heavy (non-hydrogen) atoms. The standard InChI is InChI=1S/C14H17ClN4O2S/c1-20-7-4-13-17-14(22-18-13)19-6-3-10(9-19)21-12-2-5-16-8-11(12)15/h2,5,8,10H,3-4,6-7,9H2,1H3. The highest BCUT2D eigenvalue weighted by molar-refractivity contribution is 7.09. The van der Waals surface area contributed by atoms with Crippen LogP contribution in [0.4, 0.5) is 5.13 Å². The maximum Gasteiger partial charge on any atom is 0.205 e. The van der Waals surface area contributed by atoms with Crippen molar-refractivity contribution in [1.82, 2.24) is 14.3 Å². The molecule has 2 aromatic heterocycles. The Labute approximate surface area is 138 Å². The smallest absolute Gasteiger partial charge is 0.205 e. The highest BCUT2D eigenvalue weighted by Crippen LogP contribution is 2.28. The molecule has 0 spiro atoms. The first-order valence-corrected chi connectivity index (χ1v) is 8.24. The minimum Gasteiger partial charge on any atom is -0.487 e. The molecule has 1 aliphatic rings. The Morgan fingerprint density at radius 2 is 2.41 bits per heavy atom. The predicted octanol–water partition coefficient (Wildman–Crippen LogP) is 2.43. The molecule has 0 amide bonds. The van der Waals surface area contributed by atoms with Gasteiger partial charge < -0.3 is 14.4 Å². The van der Waals surface area contributed by atoms with E-state index in [0.717, 1.165) is 36.9 Å². The van der Waals surface area contributed by atoms with Gasteiger partial charge in [0.1, 0.15) is 22.7 Å². The van der Waals surface area contributed by atoms with E-state index < -0.39 is 0 Å². The Hall–Kier alpha value is -1.44. The van der Waals surface area contributed by atoms with Crippen molar-refractivity contribution >= 4 is 28.3 Å². The van der Waals surface area contributed by atoms with Crippen molar-refractivity contribution < 1.29 is 9.47 Å². The van der Waals surface area contributed by atoms with Crippen molar-refractivity contribution in [3.63, 3.8) is 0 Å². The molecular formula is C14H17ClN4O2S. The van der Waals surface area contributed by atoms with E-state index in [0.29, 0.717) is 17.4 Å². The van der Waals surface area contributed by atoms with Crippen LogP contribution in [0.25, 0.3) is 0 Å². The van der Waals surface area contributed by atoms with E-state index in [1.807, 2.05) is 0 Å². The van der Waals surface area contributed by atoms with Crippen molar-refractivity contribution in [2.75, 3.05) is 31.7 Å². The molecule has 2 aromatic rings. The number of halogens is 1. The van der Waals surface area contributed by atoms with Crippen LogP contribution in [0, 0.1) is 0 Å². The van der Waals surface area contributed by atoms with Crippen molar-refractivity contribution in [3.05, 3.63) is 29.3 Å². The Morgan fingerprint density at radius 1 is 1.50 bits per heavy atom. The normalized spacial score (nSPS) is 17.9. The van der Waals surface area contributed by atoms with Gasteiger partial charge in [0.25, 0.3) is 0 Å². The molecule has 8 heteroatoms. The number of pyridine rings is 1. The van der Waals surface area contributed by atoms with E-state index in [1.54, 1.807) is 25.6 Å². The molecule has 118 valence electrons. The number of nitrogens with zero attached hydrogens (tertiary/aromatic N) is 4. The van der Waals surface area contributed by atoms with E-state index in [4.69, 9.17) is 21.1 Å². The molecule has 0 radical (unpaired) electrons. The molecule has 0 aromatic carbocycles. The highest BCUT2D eigenvalue weighted by atomic mass is 35.5. The summed E-state index contributed by atoms with van der Waals surface area (Å²) in [5.41, 5.74) is 0. The van der Waals surface area contributed by atoms with Gasteiger partial charge in [-0.2, -0.15) is 4.37 Å². The molecule has 0 saturated carbocycles. The van der Waals surface area contributed by atoms with Crippen LogP contribution in [0.5, 0.6) is 5.75 Å². The molecule has 0 bridgehead atoms. The lowest BCUT2D eigenvalue weighted by Gasteiger charge is -2.16. The zero-order chi connectivity index (χ0) is 15.4. The van der Waals surface area contributed by atoms with Crippen LogP contribution >= 0.6 is 23.1 Å². The SMILES string of the molecule is COCCc1nsc(N2CCC(Oc3ccncc3Cl)C2)n1. The van der Waals surface area contributed by atoms with E-state index in [9.17, 15) is 0 Å². The second kappa shape index (κ2) is 7.21. The molecule has 0 N–H and O–H groups in total. The number of methoxy groups -OCH3 is 1. The maximum absolute atomic E-state index is 6.07. The zero-order valence-electron chi connectivity index (χ0n) is 12.2. The van der Waals surface area contributed by atoms with Gasteiger partial charge in [-0.15, -0.1) is 0 Å². The lowest BCUT2D eigenvalue weighted by atomic mass is 10.3. The van der Waals surface area contributed by atoms with Gasteiger partial charge in [-0.25, -0.2) is 4.98 Å². The number of hydrogen-bond donors (Lipinski definition) is 0. The van der Waals surface area contributed by atoms with E-state index in [-0.39, 0.29) is 6.10 Å². The largest absolute Gasteiger partial charge is 0.487 e. The Kier molecular flexibility index (Phi) is 5.07. The monoisotopic (exact) mass is 340 g/mol. The summed E-state index contributed by atoms with van der Waals surface area (Å²) in [4.78, 5) is 10.7. The van der Waals surface area contributed by atoms with Crippen LogP contribution in [0.1, 0.15) is 12.2 Å². The van der Waals surface area contributed by atoms with Crippen LogP contribution < -0.4 is 9.64 Å². The van der Waals surface area contributed by atoms with Crippen molar-refractivity contribution in [1.29, 1.82) is 0 Å². The second-order valence-corrected chi connectivity index (χ2v) is 6.15. The topological polar surface area (TPSA) is 60.4 Å². The molecule has 1 unspecified atom stereocenters. The molecule has 1 aliphatic heterocycles. The first kappa shape index (κ1) is 15.5. The number of hydrogen-bond acceptors (Lipinski definition) is 7. The molecular weight excluding hydrogens is 324 g/mol. The zero-order valence-corrected chi connectivity index (χ0v) is 13.8. The van der Waals surface area contributed by atoms with Crippen LogP contribution in [0.15, 0.2) is 18.5 Å². The Balaban J connectivity index is 1.58. The second-order valence-electron chi connectivity index (χ2n) is 5.02. The molecule has 0 aliphatic carbocycles. The van der Waals surface area contributed by atoms with Crippen LogP contribution in [-0.2, 0) is 11.2 Å². The summed E-state index contributed by atoms with van der Waals surface area (Å²) in [6, 6.07) is 1.79. The maximum atomic E-state index is 6.07. The van der Waals surface area contributed by atoms with E-state index in [1.165, 1.54) is 11.5 Å². The van der Waals surface area contributed by atoms with Crippen molar-refractivity contribution in [3.8, 4) is 5.75 Å². The number of aromatic nitrogens is 3. The van der Waals surface area contributed by atoms with Gasteiger partial charge in [-0.05, 0) is 0 Å². The van der Waals surface area contributed by atoms with E-state index in [2.05, 4.69) is 19.2 Å². The minimum absolute atomic E-state index is 0.103. The highest BCUT2D eigenvalue weighted by Gasteiger charge is 2.27. The van der Waals surface area contributed by atoms with Gasteiger partial charge in [-0.1, -0.05) is 11.6 Å². The lowest BCUT2D eigenvalue weighted by molar-refractivity contribution is 0.201. The fraction of sp³-hybridized carbons (Fsp3) is 0.500. The number of ether oxygens (including phenoxy) is 2. The molecule has 6 nitrogen and oxygen atoms in total. The van der Waals surface area contributed by atoms with Gasteiger partial charge in [0.2, 0.25) is 5.13 Å². The van der Waals surface area contributed by atoms with Crippen molar-refractivity contribution in [2.24, 2.45) is 0 Å². The third-order valence-corrected chi connectivity index (χ3v) is 4.53. The summed E-state index contributed by atoms with van der Waals surface area (Å²) < 4.78 is 15.4. The molecule has 1 atom stereocenters. The summed E-state index contributed by atoms with van der Waals surface area (Å²) >= 11 is 7.50. The van der Waals surface area contributed by atoms with E-state index >= 15 is 0 Å².